The van der Waals surface area contributed by atoms with E-state index in [1.54, 1.807) is 12.1 Å². The van der Waals surface area contributed by atoms with Gasteiger partial charge in [0, 0.05) is 0 Å². The first-order chi connectivity index (χ1) is 8.96. The summed E-state index contributed by atoms with van der Waals surface area (Å²) in [6, 6.07) is 6.16. The van der Waals surface area contributed by atoms with Gasteiger partial charge in [-0.1, -0.05) is 25.0 Å². The number of carboxylic acids is 1. The fourth-order valence-corrected chi connectivity index (χ4v) is 4.50. The lowest BCUT2D eigenvalue weighted by Crippen LogP contribution is -2.16. The van der Waals surface area contributed by atoms with E-state index in [4.69, 9.17) is 5.11 Å². The number of carboxylic acid groups (broad SMARTS) is 1. The molecule has 0 aromatic heterocycles. The van der Waals surface area contributed by atoms with E-state index < -0.39 is 15.8 Å². The van der Waals surface area contributed by atoms with Gasteiger partial charge in [0.1, 0.15) is 0 Å². The number of aromatic carboxylic acids is 1. The molecule has 0 amide bonds. The van der Waals surface area contributed by atoms with Crippen LogP contribution in [0.25, 0.3) is 0 Å². The second-order valence-corrected chi connectivity index (χ2v) is 7.32. The van der Waals surface area contributed by atoms with Crippen molar-refractivity contribution in [2.75, 3.05) is 5.75 Å². The SMILES string of the molecule is O=C(O)c1cccc(CS(=O)(=O)CC2CCCC2)c1. The third kappa shape index (κ3) is 4.06. The molecular formula is C14H18O4S. The van der Waals surface area contributed by atoms with Crippen LogP contribution in [0.1, 0.15) is 41.6 Å². The molecule has 1 N–H and O–H groups in total. The first kappa shape index (κ1) is 14.1. The number of benzene rings is 1. The van der Waals surface area contributed by atoms with E-state index in [2.05, 4.69) is 0 Å². The Hall–Kier alpha value is -1.36. The molecule has 1 aromatic rings. The molecule has 2 rings (SSSR count). The van der Waals surface area contributed by atoms with Crippen LogP contribution in [0.4, 0.5) is 0 Å². The first-order valence-corrected chi connectivity index (χ1v) is 8.31. The summed E-state index contributed by atoms with van der Waals surface area (Å²) in [5.74, 6) is -0.586. The van der Waals surface area contributed by atoms with Crippen molar-refractivity contribution in [1.29, 1.82) is 0 Å². The van der Waals surface area contributed by atoms with E-state index in [0.717, 1.165) is 25.7 Å². The molecule has 1 aliphatic carbocycles. The molecule has 0 heterocycles. The highest BCUT2D eigenvalue weighted by atomic mass is 32.2. The molecule has 19 heavy (non-hydrogen) atoms. The van der Waals surface area contributed by atoms with E-state index >= 15 is 0 Å². The van der Waals surface area contributed by atoms with Gasteiger partial charge in [0.15, 0.2) is 9.84 Å². The highest BCUT2D eigenvalue weighted by Gasteiger charge is 2.23. The summed E-state index contributed by atoms with van der Waals surface area (Å²) < 4.78 is 24.2. The summed E-state index contributed by atoms with van der Waals surface area (Å²) in [7, 11) is -3.15. The molecule has 1 aromatic carbocycles. The number of rotatable bonds is 5. The molecule has 0 atom stereocenters. The van der Waals surface area contributed by atoms with Crippen LogP contribution in [0.5, 0.6) is 0 Å². The maximum atomic E-state index is 12.1. The summed E-state index contributed by atoms with van der Waals surface area (Å²) in [5, 5.41) is 8.89. The van der Waals surface area contributed by atoms with E-state index in [0.29, 0.717) is 5.56 Å². The van der Waals surface area contributed by atoms with Gasteiger partial charge in [-0.05, 0) is 36.5 Å². The highest BCUT2D eigenvalue weighted by molar-refractivity contribution is 7.90. The Morgan fingerprint density at radius 1 is 1.26 bits per heavy atom. The van der Waals surface area contributed by atoms with Crippen molar-refractivity contribution in [3.63, 3.8) is 0 Å². The Morgan fingerprint density at radius 3 is 2.58 bits per heavy atom. The largest absolute Gasteiger partial charge is 0.478 e. The zero-order valence-electron chi connectivity index (χ0n) is 10.7. The Bertz CT molecular complexity index is 557. The van der Waals surface area contributed by atoms with Gasteiger partial charge in [0.2, 0.25) is 0 Å². The fraction of sp³-hybridized carbons (Fsp3) is 0.500. The molecule has 1 fully saturated rings. The lowest BCUT2D eigenvalue weighted by molar-refractivity contribution is 0.0696. The average molecular weight is 282 g/mol. The van der Waals surface area contributed by atoms with Crippen LogP contribution in [0.2, 0.25) is 0 Å². The maximum Gasteiger partial charge on any atom is 0.335 e. The quantitative estimate of drug-likeness (QED) is 0.900. The monoisotopic (exact) mass is 282 g/mol. The van der Waals surface area contributed by atoms with Gasteiger partial charge in [0.05, 0.1) is 17.1 Å². The minimum absolute atomic E-state index is 0.0649. The van der Waals surface area contributed by atoms with Crippen LogP contribution < -0.4 is 0 Å². The number of hydrogen-bond donors (Lipinski definition) is 1. The van der Waals surface area contributed by atoms with Crippen LogP contribution in [0.15, 0.2) is 24.3 Å². The molecule has 0 bridgehead atoms. The molecule has 0 aliphatic heterocycles. The van der Waals surface area contributed by atoms with Crippen LogP contribution in [0, 0.1) is 5.92 Å². The predicted molar refractivity (Wildman–Crippen MR) is 72.9 cm³/mol. The Labute approximate surface area is 113 Å². The van der Waals surface area contributed by atoms with Crippen molar-refractivity contribution in [2.45, 2.75) is 31.4 Å². The summed E-state index contributed by atoms with van der Waals surface area (Å²) >= 11 is 0. The van der Waals surface area contributed by atoms with Crippen LogP contribution in [-0.4, -0.2) is 25.2 Å². The molecule has 5 heteroatoms. The van der Waals surface area contributed by atoms with Gasteiger partial charge >= 0.3 is 5.97 Å². The van der Waals surface area contributed by atoms with Crippen molar-refractivity contribution >= 4 is 15.8 Å². The van der Waals surface area contributed by atoms with E-state index in [9.17, 15) is 13.2 Å². The van der Waals surface area contributed by atoms with Gasteiger partial charge in [-0.3, -0.25) is 0 Å². The number of hydrogen-bond acceptors (Lipinski definition) is 3. The highest BCUT2D eigenvalue weighted by Crippen LogP contribution is 2.27. The molecule has 0 unspecified atom stereocenters. The van der Waals surface area contributed by atoms with Gasteiger partial charge in [-0.25, -0.2) is 13.2 Å². The van der Waals surface area contributed by atoms with E-state index in [1.807, 2.05) is 0 Å². The normalized spacial score (nSPS) is 16.6. The number of carbonyl (C=O) groups is 1. The van der Waals surface area contributed by atoms with Crippen molar-refractivity contribution in [3.05, 3.63) is 35.4 Å². The first-order valence-electron chi connectivity index (χ1n) is 6.49. The van der Waals surface area contributed by atoms with Crippen LogP contribution in [-0.2, 0) is 15.6 Å². The van der Waals surface area contributed by atoms with E-state index in [1.165, 1.54) is 12.1 Å². The lowest BCUT2D eigenvalue weighted by Gasteiger charge is -2.10. The number of sulfone groups is 1. The minimum atomic E-state index is -3.15. The Balaban J connectivity index is 2.06. The fourth-order valence-electron chi connectivity index (χ4n) is 2.64. The van der Waals surface area contributed by atoms with Crippen molar-refractivity contribution in [2.24, 2.45) is 5.92 Å². The van der Waals surface area contributed by atoms with Crippen LogP contribution >= 0.6 is 0 Å². The Kier molecular flexibility index (Phi) is 4.24. The molecule has 0 saturated heterocycles. The smallest absolute Gasteiger partial charge is 0.335 e. The molecular weight excluding hydrogens is 264 g/mol. The Morgan fingerprint density at radius 2 is 1.95 bits per heavy atom. The van der Waals surface area contributed by atoms with Crippen molar-refractivity contribution < 1.29 is 18.3 Å². The maximum absolute atomic E-state index is 12.1. The minimum Gasteiger partial charge on any atom is -0.478 e. The predicted octanol–water partition coefficient (Wildman–Crippen LogP) is 2.49. The third-order valence-electron chi connectivity index (χ3n) is 3.52. The summed E-state index contributed by atoms with van der Waals surface area (Å²) in [4.78, 5) is 10.8. The second-order valence-electron chi connectivity index (χ2n) is 5.21. The van der Waals surface area contributed by atoms with Crippen molar-refractivity contribution in [3.8, 4) is 0 Å². The lowest BCUT2D eigenvalue weighted by atomic mass is 10.1. The average Bonchev–Trinajstić information content (AvgIpc) is 2.80. The third-order valence-corrected chi connectivity index (χ3v) is 5.28. The molecule has 104 valence electrons. The zero-order valence-corrected chi connectivity index (χ0v) is 11.5. The molecule has 1 aliphatic rings. The van der Waals surface area contributed by atoms with Gasteiger partial charge in [-0.15, -0.1) is 0 Å². The zero-order chi connectivity index (χ0) is 13.9. The standard InChI is InChI=1S/C14H18O4S/c15-14(16)13-7-3-6-12(8-13)10-19(17,18)9-11-4-1-2-5-11/h3,6-8,11H,1-2,4-5,9-10H2,(H,15,16). The molecule has 0 spiro atoms. The van der Waals surface area contributed by atoms with Crippen LogP contribution in [0.3, 0.4) is 0 Å². The molecule has 1 saturated carbocycles. The molecule has 4 nitrogen and oxygen atoms in total. The molecule has 0 radical (unpaired) electrons. The summed E-state index contributed by atoms with van der Waals surface area (Å²) in [5.41, 5.74) is 0.687. The summed E-state index contributed by atoms with van der Waals surface area (Å²) in [6.45, 7) is 0. The second kappa shape index (κ2) is 5.74. The summed E-state index contributed by atoms with van der Waals surface area (Å²) in [6.07, 6.45) is 4.23. The van der Waals surface area contributed by atoms with Gasteiger partial charge < -0.3 is 5.11 Å². The van der Waals surface area contributed by atoms with Crippen molar-refractivity contribution in [1.82, 2.24) is 0 Å². The van der Waals surface area contributed by atoms with Gasteiger partial charge in [0.25, 0.3) is 0 Å². The van der Waals surface area contributed by atoms with E-state index in [-0.39, 0.29) is 23.0 Å². The topological polar surface area (TPSA) is 71.4 Å². The van der Waals surface area contributed by atoms with Gasteiger partial charge in [-0.2, -0.15) is 0 Å².